The van der Waals surface area contributed by atoms with E-state index in [0.29, 0.717) is 0 Å². The van der Waals surface area contributed by atoms with Gasteiger partial charge in [-0.1, -0.05) is 17.7 Å². The van der Waals surface area contributed by atoms with Crippen molar-refractivity contribution in [1.82, 2.24) is 4.98 Å². The predicted molar refractivity (Wildman–Crippen MR) is 70.4 cm³/mol. The van der Waals surface area contributed by atoms with Gasteiger partial charge in [-0.05, 0) is 25.0 Å². The van der Waals surface area contributed by atoms with Gasteiger partial charge in [-0.25, -0.2) is 0 Å². The van der Waals surface area contributed by atoms with Gasteiger partial charge in [0.05, 0.1) is 20.2 Å². The summed E-state index contributed by atoms with van der Waals surface area (Å²) in [5, 5.41) is 2.02. The summed E-state index contributed by atoms with van der Waals surface area (Å²) in [5.74, 6) is 0. The Morgan fingerprint density at radius 1 is 1.44 bits per heavy atom. The first-order valence-electron chi connectivity index (χ1n) is 5.32. The van der Waals surface area contributed by atoms with Crippen molar-refractivity contribution in [1.29, 1.82) is 0 Å². The summed E-state index contributed by atoms with van der Waals surface area (Å²) < 4.78 is 1.08. The third-order valence-electron chi connectivity index (χ3n) is 2.69. The fourth-order valence-corrected chi connectivity index (χ4v) is 3.18. The van der Waals surface area contributed by atoms with Crippen molar-refractivity contribution >= 4 is 38.2 Å². The van der Waals surface area contributed by atoms with Crippen LogP contribution >= 0.6 is 22.9 Å². The Morgan fingerprint density at radius 3 is 3.12 bits per heavy atom. The number of hydrogen-bond acceptors (Lipinski definition) is 3. The lowest BCUT2D eigenvalue weighted by atomic mass is 10.2. The van der Waals surface area contributed by atoms with Crippen LogP contribution in [0.4, 0.5) is 5.00 Å². The Bertz CT molecular complexity index is 547. The molecule has 3 rings (SSSR count). The van der Waals surface area contributed by atoms with Gasteiger partial charge in [0.25, 0.3) is 0 Å². The van der Waals surface area contributed by atoms with Crippen molar-refractivity contribution in [2.45, 2.75) is 12.8 Å². The van der Waals surface area contributed by atoms with Gasteiger partial charge in [0, 0.05) is 18.9 Å². The second kappa shape index (κ2) is 4.07. The lowest BCUT2D eigenvalue weighted by Crippen LogP contribution is -2.18. The smallest absolute Gasteiger partial charge is 0.0977 e. The zero-order chi connectivity index (χ0) is 11.0. The molecule has 4 heteroatoms. The average molecular weight is 251 g/mol. The third-order valence-corrected chi connectivity index (χ3v) is 4.31. The van der Waals surface area contributed by atoms with Crippen LogP contribution in [0.5, 0.6) is 0 Å². The van der Waals surface area contributed by atoms with Crippen LogP contribution in [0, 0.1) is 0 Å². The first kappa shape index (κ1) is 10.1. The van der Waals surface area contributed by atoms with E-state index >= 15 is 0 Å². The van der Waals surface area contributed by atoms with Crippen LogP contribution < -0.4 is 4.90 Å². The van der Waals surface area contributed by atoms with E-state index in [1.54, 1.807) is 17.5 Å². The average Bonchev–Trinajstić information content (AvgIpc) is 2.76. The molecule has 0 spiro atoms. The lowest BCUT2D eigenvalue weighted by Gasteiger charge is -2.21. The van der Waals surface area contributed by atoms with Crippen molar-refractivity contribution in [2.75, 3.05) is 11.4 Å². The summed E-state index contributed by atoms with van der Waals surface area (Å²) in [6.07, 6.45) is 8.52. The Hall–Kier alpha value is -1.06. The van der Waals surface area contributed by atoms with Crippen molar-refractivity contribution in [3.8, 4) is 0 Å². The van der Waals surface area contributed by atoms with Crippen LogP contribution in [-0.2, 0) is 0 Å². The van der Waals surface area contributed by atoms with E-state index in [4.69, 9.17) is 11.6 Å². The standard InChI is InChI=1S/C12H11ClN2S/c13-9-4-5-14-10-8-11(16-12(9)10)15-6-2-1-3-7-15/h2,4-6,8H,1,3,7H2. The molecule has 0 amide bonds. The zero-order valence-electron chi connectivity index (χ0n) is 8.69. The number of rotatable bonds is 1. The second-order valence-corrected chi connectivity index (χ2v) is 5.25. The Labute approximate surface area is 103 Å². The van der Waals surface area contributed by atoms with Crippen LogP contribution in [0.15, 0.2) is 30.6 Å². The minimum absolute atomic E-state index is 0.794. The number of nitrogens with zero attached hydrogens (tertiary/aromatic N) is 2. The molecular formula is C12H11ClN2S. The van der Waals surface area contributed by atoms with Crippen molar-refractivity contribution < 1.29 is 0 Å². The lowest BCUT2D eigenvalue weighted by molar-refractivity contribution is 0.791. The molecule has 2 aromatic rings. The number of pyridine rings is 1. The molecule has 3 heterocycles. The molecule has 16 heavy (non-hydrogen) atoms. The van der Waals surface area contributed by atoms with Gasteiger partial charge >= 0.3 is 0 Å². The summed E-state index contributed by atoms with van der Waals surface area (Å²) in [7, 11) is 0. The summed E-state index contributed by atoms with van der Waals surface area (Å²) in [6.45, 7) is 1.08. The van der Waals surface area contributed by atoms with Crippen molar-refractivity contribution in [3.63, 3.8) is 0 Å². The highest BCUT2D eigenvalue weighted by Gasteiger charge is 2.12. The Balaban J connectivity index is 2.08. The Morgan fingerprint density at radius 2 is 2.38 bits per heavy atom. The van der Waals surface area contributed by atoms with E-state index in [1.807, 2.05) is 6.07 Å². The highest BCUT2D eigenvalue weighted by molar-refractivity contribution is 7.23. The maximum absolute atomic E-state index is 6.14. The maximum Gasteiger partial charge on any atom is 0.0977 e. The first-order valence-corrected chi connectivity index (χ1v) is 6.51. The number of thiophene rings is 1. The molecule has 0 aromatic carbocycles. The zero-order valence-corrected chi connectivity index (χ0v) is 10.3. The van der Waals surface area contributed by atoms with Gasteiger partial charge in [-0.15, -0.1) is 11.3 Å². The molecule has 0 fully saturated rings. The third kappa shape index (κ3) is 1.70. The molecule has 0 saturated heterocycles. The predicted octanol–water partition coefficient (Wildman–Crippen LogP) is 4.06. The van der Waals surface area contributed by atoms with Crippen LogP contribution in [0.3, 0.4) is 0 Å². The van der Waals surface area contributed by atoms with Gasteiger partial charge in [0.1, 0.15) is 0 Å². The maximum atomic E-state index is 6.14. The number of aromatic nitrogens is 1. The molecule has 0 N–H and O–H groups in total. The molecule has 0 radical (unpaired) electrons. The molecule has 0 aliphatic carbocycles. The van der Waals surface area contributed by atoms with Gasteiger partial charge in [-0.2, -0.15) is 0 Å². The van der Waals surface area contributed by atoms with E-state index in [9.17, 15) is 0 Å². The van der Waals surface area contributed by atoms with E-state index in [0.717, 1.165) is 21.8 Å². The van der Waals surface area contributed by atoms with Crippen LogP contribution in [0.2, 0.25) is 5.02 Å². The second-order valence-electron chi connectivity index (χ2n) is 3.81. The minimum atomic E-state index is 0.794. The molecule has 2 aromatic heterocycles. The summed E-state index contributed by atoms with van der Waals surface area (Å²) in [4.78, 5) is 6.60. The highest BCUT2D eigenvalue weighted by atomic mass is 35.5. The molecule has 0 saturated carbocycles. The van der Waals surface area contributed by atoms with Crippen molar-refractivity contribution in [3.05, 3.63) is 35.6 Å². The van der Waals surface area contributed by atoms with Gasteiger partial charge in [0.2, 0.25) is 0 Å². The molecular weight excluding hydrogens is 240 g/mol. The number of allylic oxidation sites excluding steroid dienone is 1. The molecule has 0 bridgehead atoms. The van der Waals surface area contributed by atoms with E-state index in [2.05, 4.69) is 28.2 Å². The molecule has 82 valence electrons. The fourth-order valence-electron chi connectivity index (χ4n) is 1.88. The SMILES string of the molecule is Clc1ccnc2cc(N3C=CCCC3)sc12. The Kier molecular flexibility index (Phi) is 2.58. The fraction of sp³-hybridized carbons (Fsp3) is 0.250. The van der Waals surface area contributed by atoms with E-state index in [-0.39, 0.29) is 0 Å². The number of hydrogen-bond donors (Lipinski definition) is 0. The number of fused-ring (bicyclic) bond motifs is 1. The summed E-state index contributed by atoms with van der Waals surface area (Å²) >= 11 is 7.85. The van der Waals surface area contributed by atoms with Gasteiger partial charge < -0.3 is 4.90 Å². The molecule has 1 aliphatic heterocycles. The largest absolute Gasteiger partial charge is 0.340 e. The van der Waals surface area contributed by atoms with Crippen LogP contribution in [0.1, 0.15) is 12.8 Å². The first-order chi connectivity index (χ1) is 7.84. The van der Waals surface area contributed by atoms with E-state index < -0.39 is 0 Å². The topological polar surface area (TPSA) is 16.1 Å². The number of halogens is 1. The van der Waals surface area contributed by atoms with Gasteiger partial charge in [0.15, 0.2) is 0 Å². The normalized spacial score (nSPS) is 15.9. The van der Waals surface area contributed by atoms with Crippen LogP contribution in [0.25, 0.3) is 10.2 Å². The summed E-state index contributed by atoms with van der Waals surface area (Å²) in [5.41, 5.74) is 0.992. The van der Waals surface area contributed by atoms with Crippen LogP contribution in [-0.4, -0.2) is 11.5 Å². The summed E-state index contributed by atoms with van der Waals surface area (Å²) in [6, 6.07) is 3.96. The highest BCUT2D eigenvalue weighted by Crippen LogP contribution is 2.36. The van der Waals surface area contributed by atoms with E-state index in [1.165, 1.54) is 17.8 Å². The van der Waals surface area contributed by atoms with Gasteiger partial charge in [-0.3, -0.25) is 4.98 Å². The molecule has 0 unspecified atom stereocenters. The monoisotopic (exact) mass is 250 g/mol. The van der Waals surface area contributed by atoms with Crippen molar-refractivity contribution in [2.24, 2.45) is 0 Å². The number of anilines is 1. The minimum Gasteiger partial charge on any atom is -0.340 e. The molecule has 2 nitrogen and oxygen atoms in total. The molecule has 0 atom stereocenters. The quantitative estimate of drug-likeness (QED) is 0.759. The molecule has 1 aliphatic rings.